The summed E-state index contributed by atoms with van der Waals surface area (Å²) < 4.78 is 10.3. The molecule has 1 aliphatic rings. The number of methoxy groups -OCH3 is 1. The van der Waals surface area contributed by atoms with Crippen molar-refractivity contribution in [3.05, 3.63) is 53.6 Å². The molecular formula is C22H24N2O5. The summed E-state index contributed by atoms with van der Waals surface area (Å²) in [7, 11) is 1.57. The van der Waals surface area contributed by atoms with E-state index in [-0.39, 0.29) is 25.5 Å². The van der Waals surface area contributed by atoms with Crippen LogP contribution >= 0.6 is 0 Å². The molecule has 1 saturated heterocycles. The molecule has 1 N–H and O–H groups in total. The Morgan fingerprint density at radius 2 is 1.86 bits per heavy atom. The number of aryl methyl sites for hydroxylation is 2. The van der Waals surface area contributed by atoms with Crippen LogP contribution in [-0.2, 0) is 19.1 Å². The number of rotatable bonds is 6. The molecule has 0 radical (unpaired) electrons. The highest BCUT2D eigenvalue weighted by Crippen LogP contribution is 2.27. The smallest absolute Gasteiger partial charge is 0.311 e. The predicted octanol–water partition coefficient (Wildman–Crippen LogP) is 2.85. The first-order valence-corrected chi connectivity index (χ1v) is 9.35. The van der Waals surface area contributed by atoms with Crippen molar-refractivity contribution >= 4 is 29.2 Å². The molecule has 0 aliphatic carbocycles. The maximum Gasteiger partial charge on any atom is 0.311 e. The molecule has 0 unspecified atom stereocenters. The standard InChI is InChI=1S/C22H24N2O5/c1-14-4-9-19(15(2)10-14)23-20(25)13-29-22(27)16-11-21(26)24(12-16)17-5-7-18(28-3)8-6-17/h4-10,16H,11-13H2,1-3H3,(H,23,25)/t16-/m1/s1. The average molecular weight is 396 g/mol. The highest BCUT2D eigenvalue weighted by atomic mass is 16.5. The molecule has 7 heteroatoms. The summed E-state index contributed by atoms with van der Waals surface area (Å²) in [5.74, 6) is -1.03. The number of hydrogen-bond donors (Lipinski definition) is 1. The van der Waals surface area contributed by atoms with Crippen molar-refractivity contribution in [2.45, 2.75) is 20.3 Å². The lowest BCUT2D eigenvalue weighted by atomic mass is 10.1. The number of anilines is 2. The predicted molar refractivity (Wildman–Crippen MR) is 109 cm³/mol. The number of carbonyl (C=O) groups is 3. The van der Waals surface area contributed by atoms with E-state index in [4.69, 9.17) is 9.47 Å². The van der Waals surface area contributed by atoms with Gasteiger partial charge in [-0.2, -0.15) is 0 Å². The van der Waals surface area contributed by atoms with Gasteiger partial charge in [0.1, 0.15) is 5.75 Å². The molecule has 0 spiro atoms. The van der Waals surface area contributed by atoms with Gasteiger partial charge >= 0.3 is 5.97 Å². The number of nitrogens with zero attached hydrogens (tertiary/aromatic N) is 1. The van der Waals surface area contributed by atoms with Gasteiger partial charge in [0, 0.05) is 24.3 Å². The second-order valence-electron chi connectivity index (χ2n) is 7.08. The molecule has 0 bridgehead atoms. The molecule has 3 rings (SSSR count). The van der Waals surface area contributed by atoms with Crippen LogP contribution in [0, 0.1) is 19.8 Å². The Morgan fingerprint density at radius 1 is 1.14 bits per heavy atom. The van der Waals surface area contributed by atoms with Gasteiger partial charge in [-0.15, -0.1) is 0 Å². The summed E-state index contributed by atoms with van der Waals surface area (Å²) in [6, 6.07) is 12.7. The number of benzene rings is 2. The highest BCUT2D eigenvalue weighted by molar-refractivity contribution is 6.00. The molecule has 152 valence electrons. The van der Waals surface area contributed by atoms with E-state index in [1.54, 1.807) is 36.3 Å². The van der Waals surface area contributed by atoms with Gasteiger partial charge in [0.05, 0.1) is 13.0 Å². The first-order valence-electron chi connectivity index (χ1n) is 9.35. The zero-order valence-corrected chi connectivity index (χ0v) is 16.7. The molecule has 0 saturated carbocycles. The van der Waals surface area contributed by atoms with Crippen molar-refractivity contribution in [1.82, 2.24) is 0 Å². The number of amides is 2. The van der Waals surface area contributed by atoms with Gasteiger partial charge in [-0.1, -0.05) is 17.7 Å². The van der Waals surface area contributed by atoms with Gasteiger partial charge in [0.15, 0.2) is 6.61 Å². The first-order chi connectivity index (χ1) is 13.9. The van der Waals surface area contributed by atoms with Crippen LogP contribution in [0.25, 0.3) is 0 Å². The molecule has 7 nitrogen and oxygen atoms in total. The Labute approximate surface area is 169 Å². The number of nitrogens with one attached hydrogen (secondary N) is 1. The van der Waals surface area contributed by atoms with Crippen LogP contribution in [0.2, 0.25) is 0 Å². The number of hydrogen-bond acceptors (Lipinski definition) is 5. The monoisotopic (exact) mass is 396 g/mol. The van der Waals surface area contributed by atoms with E-state index in [9.17, 15) is 14.4 Å². The van der Waals surface area contributed by atoms with Gasteiger partial charge in [-0.05, 0) is 49.7 Å². The van der Waals surface area contributed by atoms with Gasteiger partial charge in [0.2, 0.25) is 5.91 Å². The molecule has 2 amide bonds. The zero-order chi connectivity index (χ0) is 21.0. The van der Waals surface area contributed by atoms with E-state index in [1.807, 2.05) is 32.0 Å². The zero-order valence-electron chi connectivity index (χ0n) is 16.7. The van der Waals surface area contributed by atoms with Crippen molar-refractivity contribution in [2.24, 2.45) is 5.92 Å². The van der Waals surface area contributed by atoms with Crippen molar-refractivity contribution < 1.29 is 23.9 Å². The first kappa shape index (κ1) is 20.4. The van der Waals surface area contributed by atoms with E-state index in [0.717, 1.165) is 11.1 Å². The topological polar surface area (TPSA) is 84.9 Å². The summed E-state index contributed by atoms with van der Waals surface area (Å²) in [6.45, 7) is 3.70. The highest BCUT2D eigenvalue weighted by Gasteiger charge is 2.36. The maximum atomic E-state index is 12.3. The summed E-state index contributed by atoms with van der Waals surface area (Å²) in [5, 5.41) is 2.73. The average Bonchev–Trinajstić information content (AvgIpc) is 3.10. The maximum absolute atomic E-state index is 12.3. The van der Waals surface area contributed by atoms with Crippen LogP contribution in [-0.4, -0.2) is 38.0 Å². The lowest BCUT2D eigenvalue weighted by molar-refractivity contribution is -0.151. The second kappa shape index (κ2) is 8.77. The molecule has 29 heavy (non-hydrogen) atoms. The van der Waals surface area contributed by atoms with E-state index in [0.29, 0.717) is 17.1 Å². The van der Waals surface area contributed by atoms with E-state index in [2.05, 4.69) is 5.32 Å². The van der Waals surface area contributed by atoms with Crippen molar-refractivity contribution in [2.75, 3.05) is 30.5 Å². The molecule has 1 fully saturated rings. The molecule has 1 atom stereocenters. The Hall–Kier alpha value is -3.35. The largest absolute Gasteiger partial charge is 0.497 e. The quantitative estimate of drug-likeness (QED) is 0.759. The number of carbonyl (C=O) groups excluding carboxylic acids is 3. The normalized spacial score (nSPS) is 15.9. The third kappa shape index (κ3) is 4.93. The van der Waals surface area contributed by atoms with Crippen LogP contribution in [0.4, 0.5) is 11.4 Å². The van der Waals surface area contributed by atoms with Gasteiger partial charge < -0.3 is 19.7 Å². The van der Waals surface area contributed by atoms with Crippen LogP contribution in [0.3, 0.4) is 0 Å². The van der Waals surface area contributed by atoms with Crippen LogP contribution in [0.1, 0.15) is 17.5 Å². The SMILES string of the molecule is COc1ccc(N2C[C@H](C(=O)OCC(=O)Nc3ccc(C)cc3C)CC2=O)cc1. The second-order valence-corrected chi connectivity index (χ2v) is 7.08. The fourth-order valence-electron chi connectivity index (χ4n) is 3.27. The fourth-order valence-corrected chi connectivity index (χ4v) is 3.27. The van der Waals surface area contributed by atoms with Crippen LogP contribution in [0.15, 0.2) is 42.5 Å². The molecule has 1 heterocycles. The minimum Gasteiger partial charge on any atom is -0.497 e. The third-order valence-corrected chi connectivity index (χ3v) is 4.84. The summed E-state index contributed by atoms with van der Waals surface area (Å²) in [6.07, 6.45) is 0.0591. The molecule has 2 aromatic rings. The van der Waals surface area contributed by atoms with Gasteiger partial charge in [-0.3, -0.25) is 14.4 Å². The lowest BCUT2D eigenvalue weighted by Crippen LogP contribution is -2.28. The summed E-state index contributed by atoms with van der Waals surface area (Å²) >= 11 is 0. The van der Waals surface area contributed by atoms with Crippen molar-refractivity contribution in [3.63, 3.8) is 0 Å². The van der Waals surface area contributed by atoms with Crippen LogP contribution < -0.4 is 15.0 Å². The Balaban J connectivity index is 1.52. The van der Waals surface area contributed by atoms with E-state index in [1.165, 1.54) is 0 Å². The molecular weight excluding hydrogens is 372 g/mol. The lowest BCUT2D eigenvalue weighted by Gasteiger charge is -2.17. The molecule has 2 aromatic carbocycles. The van der Waals surface area contributed by atoms with Gasteiger partial charge in [0.25, 0.3) is 5.91 Å². The Morgan fingerprint density at radius 3 is 2.52 bits per heavy atom. The minimum atomic E-state index is -0.599. The van der Waals surface area contributed by atoms with Gasteiger partial charge in [-0.25, -0.2) is 0 Å². The van der Waals surface area contributed by atoms with Crippen molar-refractivity contribution in [1.29, 1.82) is 0 Å². The third-order valence-electron chi connectivity index (χ3n) is 4.84. The Kier molecular flexibility index (Phi) is 6.16. The van der Waals surface area contributed by atoms with Crippen molar-refractivity contribution in [3.8, 4) is 5.75 Å². The summed E-state index contributed by atoms with van der Waals surface area (Å²) in [4.78, 5) is 38.3. The van der Waals surface area contributed by atoms with E-state index >= 15 is 0 Å². The molecule has 1 aliphatic heterocycles. The fraction of sp³-hybridized carbons (Fsp3) is 0.318. The Bertz CT molecular complexity index is 923. The van der Waals surface area contributed by atoms with Crippen LogP contribution in [0.5, 0.6) is 5.75 Å². The van der Waals surface area contributed by atoms with E-state index < -0.39 is 17.8 Å². The number of esters is 1. The number of ether oxygens (including phenoxy) is 2. The molecule has 0 aromatic heterocycles. The summed E-state index contributed by atoms with van der Waals surface area (Å²) in [5.41, 5.74) is 3.40. The minimum absolute atomic E-state index is 0.0591.